The monoisotopic (exact) mass is 244 g/mol. The summed E-state index contributed by atoms with van der Waals surface area (Å²) in [5.41, 5.74) is 7.64. The van der Waals surface area contributed by atoms with Gasteiger partial charge < -0.3 is 11.1 Å². The lowest BCUT2D eigenvalue weighted by Gasteiger charge is -2.15. The minimum atomic E-state index is 0.0752. The lowest BCUT2D eigenvalue weighted by atomic mass is 10.1. The van der Waals surface area contributed by atoms with Gasteiger partial charge in [-0.25, -0.2) is 4.98 Å². The molecule has 1 heterocycles. The first-order chi connectivity index (χ1) is 8.22. The Labute approximate surface area is 104 Å². The van der Waals surface area contributed by atoms with Gasteiger partial charge in [-0.1, -0.05) is 6.07 Å². The highest BCUT2D eigenvalue weighted by Crippen LogP contribution is 2.27. The van der Waals surface area contributed by atoms with Crippen LogP contribution in [0.25, 0.3) is 0 Å². The number of benzene rings is 1. The van der Waals surface area contributed by atoms with Crippen LogP contribution in [0.3, 0.4) is 0 Å². The molecule has 2 aromatic rings. The Morgan fingerprint density at radius 2 is 2.35 bits per heavy atom. The molecule has 86 valence electrons. The van der Waals surface area contributed by atoms with Crippen LogP contribution in [0.2, 0.25) is 0 Å². The summed E-state index contributed by atoms with van der Waals surface area (Å²) in [5.74, 6) is 0. The average molecular weight is 244 g/mol. The molecule has 0 spiro atoms. The molecule has 0 saturated heterocycles. The predicted octanol–water partition coefficient (Wildman–Crippen LogP) is 2.77. The highest BCUT2D eigenvalue weighted by molar-refractivity contribution is 7.09. The van der Waals surface area contributed by atoms with Crippen molar-refractivity contribution in [2.24, 2.45) is 0 Å². The second-order valence-electron chi connectivity index (χ2n) is 3.61. The van der Waals surface area contributed by atoms with E-state index in [0.29, 0.717) is 11.3 Å². The van der Waals surface area contributed by atoms with Crippen molar-refractivity contribution in [3.63, 3.8) is 0 Å². The summed E-state index contributed by atoms with van der Waals surface area (Å²) >= 11 is 1.59. The number of nitrogen functional groups attached to an aromatic ring is 1. The fourth-order valence-electron chi connectivity index (χ4n) is 1.53. The third-order valence-electron chi connectivity index (χ3n) is 2.42. The first kappa shape index (κ1) is 11.4. The topological polar surface area (TPSA) is 74.7 Å². The molecule has 1 aromatic carbocycles. The van der Waals surface area contributed by atoms with E-state index in [0.717, 1.165) is 10.7 Å². The number of anilines is 2. The van der Waals surface area contributed by atoms with Gasteiger partial charge in [0.15, 0.2) is 0 Å². The molecule has 5 heteroatoms. The van der Waals surface area contributed by atoms with Gasteiger partial charge in [0.2, 0.25) is 0 Å². The smallest absolute Gasteiger partial charge is 0.115 e. The molecule has 0 aliphatic heterocycles. The van der Waals surface area contributed by atoms with Crippen molar-refractivity contribution < 1.29 is 0 Å². The Bertz CT molecular complexity index is 542. The largest absolute Gasteiger partial charge is 0.396 e. The van der Waals surface area contributed by atoms with Crippen LogP contribution < -0.4 is 11.1 Å². The van der Waals surface area contributed by atoms with Gasteiger partial charge >= 0.3 is 0 Å². The summed E-state index contributed by atoms with van der Waals surface area (Å²) in [6.45, 7) is 2.01. The molecule has 0 fully saturated rings. The molecule has 0 aliphatic carbocycles. The van der Waals surface area contributed by atoms with Crippen molar-refractivity contribution >= 4 is 22.7 Å². The van der Waals surface area contributed by atoms with E-state index in [1.54, 1.807) is 23.6 Å². The SMILES string of the molecule is CC(Nc1cccc(C#N)c1N)c1nccs1. The van der Waals surface area contributed by atoms with Gasteiger partial charge in [0.05, 0.1) is 23.0 Å². The number of thiazole rings is 1. The zero-order valence-corrected chi connectivity index (χ0v) is 10.2. The Hall–Kier alpha value is -2.06. The Balaban J connectivity index is 2.23. The summed E-state index contributed by atoms with van der Waals surface area (Å²) in [6.07, 6.45) is 1.77. The molecule has 0 saturated carbocycles. The van der Waals surface area contributed by atoms with Crippen molar-refractivity contribution in [3.05, 3.63) is 40.3 Å². The average Bonchev–Trinajstić information content (AvgIpc) is 2.85. The Morgan fingerprint density at radius 1 is 1.53 bits per heavy atom. The zero-order chi connectivity index (χ0) is 12.3. The van der Waals surface area contributed by atoms with Crippen LogP contribution in [0.5, 0.6) is 0 Å². The van der Waals surface area contributed by atoms with Crippen molar-refractivity contribution in [1.29, 1.82) is 5.26 Å². The molecule has 0 aliphatic rings. The van der Waals surface area contributed by atoms with Gasteiger partial charge in [0.1, 0.15) is 11.1 Å². The molecular formula is C12H12N4S. The van der Waals surface area contributed by atoms with Crippen LogP contribution in [0.1, 0.15) is 23.5 Å². The van der Waals surface area contributed by atoms with Gasteiger partial charge in [-0.15, -0.1) is 11.3 Å². The number of nitriles is 1. The summed E-state index contributed by atoms with van der Waals surface area (Å²) in [4.78, 5) is 4.23. The molecule has 1 unspecified atom stereocenters. The van der Waals surface area contributed by atoms with Gasteiger partial charge in [-0.05, 0) is 19.1 Å². The molecule has 3 N–H and O–H groups in total. The summed E-state index contributed by atoms with van der Waals surface area (Å²) in [7, 11) is 0. The van der Waals surface area contributed by atoms with E-state index in [4.69, 9.17) is 11.0 Å². The summed E-state index contributed by atoms with van der Waals surface area (Å²) in [5, 5.41) is 15.1. The van der Waals surface area contributed by atoms with E-state index in [9.17, 15) is 0 Å². The maximum absolute atomic E-state index is 8.89. The van der Waals surface area contributed by atoms with Crippen molar-refractivity contribution in [2.75, 3.05) is 11.1 Å². The quantitative estimate of drug-likeness (QED) is 0.814. The van der Waals surface area contributed by atoms with Crippen LogP contribution in [-0.2, 0) is 0 Å². The van der Waals surface area contributed by atoms with Crippen molar-refractivity contribution in [2.45, 2.75) is 13.0 Å². The fourth-order valence-corrected chi connectivity index (χ4v) is 2.18. The molecule has 0 bridgehead atoms. The van der Waals surface area contributed by atoms with E-state index in [-0.39, 0.29) is 6.04 Å². The van der Waals surface area contributed by atoms with Gasteiger partial charge in [-0.3, -0.25) is 0 Å². The third-order valence-corrected chi connectivity index (χ3v) is 3.38. The molecule has 1 aromatic heterocycles. The normalized spacial score (nSPS) is 11.8. The van der Waals surface area contributed by atoms with E-state index >= 15 is 0 Å². The minimum absolute atomic E-state index is 0.0752. The maximum Gasteiger partial charge on any atom is 0.115 e. The van der Waals surface area contributed by atoms with E-state index in [2.05, 4.69) is 16.4 Å². The standard InChI is InChI=1S/C12H12N4S/c1-8(12-15-5-6-17-12)16-10-4-2-3-9(7-13)11(10)14/h2-6,8,16H,14H2,1H3. The number of nitrogens with two attached hydrogens (primary N) is 1. The minimum Gasteiger partial charge on any atom is -0.396 e. The van der Waals surface area contributed by atoms with Crippen molar-refractivity contribution in [3.8, 4) is 6.07 Å². The number of para-hydroxylation sites is 1. The highest BCUT2D eigenvalue weighted by atomic mass is 32.1. The van der Waals surface area contributed by atoms with Crippen LogP contribution in [-0.4, -0.2) is 4.98 Å². The van der Waals surface area contributed by atoms with Crippen LogP contribution >= 0.6 is 11.3 Å². The van der Waals surface area contributed by atoms with Gasteiger partial charge in [0.25, 0.3) is 0 Å². The molecule has 17 heavy (non-hydrogen) atoms. The van der Waals surface area contributed by atoms with E-state index in [1.165, 1.54) is 0 Å². The number of hydrogen-bond donors (Lipinski definition) is 2. The lowest BCUT2D eigenvalue weighted by molar-refractivity contribution is 0.870. The molecule has 2 rings (SSSR count). The van der Waals surface area contributed by atoms with E-state index in [1.807, 2.05) is 24.4 Å². The highest BCUT2D eigenvalue weighted by Gasteiger charge is 2.10. The second kappa shape index (κ2) is 4.85. The van der Waals surface area contributed by atoms with Gasteiger partial charge in [0, 0.05) is 11.6 Å². The molecule has 0 radical (unpaired) electrons. The molecular weight excluding hydrogens is 232 g/mol. The zero-order valence-electron chi connectivity index (χ0n) is 9.34. The predicted molar refractivity (Wildman–Crippen MR) is 69.7 cm³/mol. The van der Waals surface area contributed by atoms with Crippen LogP contribution in [0, 0.1) is 11.3 Å². The van der Waals surface area contributed by atoms with Crippen LogP contribution in [0.15, 0.2) is 29.8 Å². The first-order valence-corrected chi connectivity index (χ1v) is 6.05. The lowest BCUT2D eigenvalue weighted by Crippen LogP contribution is -2.08. The molecule has 4 nitrogen and oxygen atoms in total. The number of hydrogen-bond acceptors (Lipinski definition) is 5. The summed E-state index contributed by atoms with van der Waals surface area (Å²) in [6, 6.07) is 7.52. The molecule has 0 amide bonds. The second-order valence-corrected chi connectivity index (χ2v) is 4.54. The van der Waals surface area contributed by atoms with Crippen molar-refractivity contribution in [1.82, 2.24) is 4.98 Å². The summed E-state index contributed by atoms with van der Waals surface area (Å²) < 4.78 is 0. The van der Waals surface area contributed by atoms with Gasteiger partial charge in [-0.2, -0.15) is 5.26 Å². The Kier molecular flexibility index (Phi) is 3.26. The van der Waals surface area contributed by atoms with Crippen LogP contribution in [0.4, 0.5) is 11.4 Å². The number of nitrogens with one attached hydrogen (secondary N) is 1. The number of nitrogens with zero attached hydrogens (tertiary/aromatic N) is 2. The number of rotatable bonds is 3. The fraction of sp³-hybridized carbons (Fsp3) is 0.167. The number of aromatic nitrogens is 1. The Morgan fingerprint density at radius 3 is 3.00 bits per heavy atom. The molecule has 1 atom stereocenters. The maximum atomic E-state index is 8.89. The third kappa shape index (κ3) is 2.37. The van der Waals surface area contributed by atoms with E-state index < -0.39 is 0 Å². The first-order valence-electron chi connectivity index (χ1n) is 5.17.